The Morgan fingerprint density at radius 1 is 1.23 bits per heavy atom. The fourth-order valence-corrected chi connectivity index (χ4v) is 3.06. The van der Waals surface area contributed by atoms with E-state index in [-0.39, 0.29) is 18.1 Å². The standard InChI is InChI=1S/C21H19ClN4O4/c1-25(13-14-12-15(26(28)29)9-10-17(14)22)21(27)16-6-5-11-23-20(16)24-18-7-3-4-8-19(18)30-2/h3-12H,13H2,1-2H3,(H,23,24). The lowest BCUT2D eigenvalue weighted by atomic mass is 10.1. The van der Waals surface area contributed by atoms with Gasteiger partial charge >= 0.3 is 0 Å². The predicted octanol–water partition coefficient (Wildman–Crippen LogP) is 4.67. The number of nitro groups is 1. The molecule has 0 aliphatic rings. The van der Waals surface area contributed by atoms with Crippen LogP contribution in [0.25, 0.3) is 0 Å². The molecule has 0 unspecified atom stereocenters. The number of carbonyl (C=O) groups excluding carboxylic acids is 1. The fourth-order valence-electron chi connectivity index (χ4n) is 2.88. The van der Waals surface area contributed by atoms with Crippen molar-refractivity contribution >= 4 is 34.7 Å². The molecule has 3 rings (SSSR count). The molecule has 0 aliphatic carbocycles. The smallest absolute Gasteiger partial charge is 0.269 e. The summed E-state index contributed by atoms with van der Waals surface area (Å²) in [5.41, 5.74) is 1.39. The van der Waals surface area contributed by atoms with Gasteiger partial charge in [0.15, 0.2) is 0 Å². The van der Waals surface area contributed by atoms with Gasteiger partial charge in [0.25, 0.3) is 11.6 Å². The Morgan fingerprint density at radius 2 is 2.00 bits per heavy atom. The third kappa shape index (κ3) is 4.66. The van der Waals surface area contributed by atoms with E-state index in [4.69, 9.17) is 16.3 Å². The minimum Gasteiger partial charge on any atom is -0.495 e. The number of non-ortho nitro benzene ring substituents is 1. The number of methoxy groups -OCH3 is 1. The van der Waals surface area contributed by atoms with Crippen LogP contribution in [-0.4, -0.2) is 34.9 Å². The highest BCUT2D eigenvalue weighted by molar-refractivity contribution is 6.31. The highest BCUT2D eigenvalue weighted by atomic mass is 35.5. The van der Waals surface area contributed by atoms with Crippen molar-refractivity contribution in [3.05, 3.63) is 87.1 Å². The maximum atomic E-state index is 13.1. The highest BCUT2D eigenvalue weighted by Gasteiger charge is 2.20. The second kappa shape index (κ2) is 9.23. The Labute approximate surface area is 178 Å². The van der Waals surface area contributed by atoms with Crippen LogP contribution in [0.5, 0.6) is 5.75 Å². The van der Waals surface area contributed by atoms with Gasteiger partial charge < -0.3 is 15.0 Å². The van der Waals surface area contributed by atoms with Gasteiger partial charge in [-0.2, -0.15) is 0 Å². The van der Waals surface area contributed by atoms with E-state index in [1.807, 2.05) is 18.2 Å². The third-order valence-electron chi connectivity index (χ3n) is 4.39. The number of hydrogen-bond acceptors (Lipinski definition) is 6. The summed E-state index contributed by atoms with van der Waals surface area (Å²) in [6.45, 7) is 0.0995. The number of aromatic nitrogens is 1. The van der Waals surface area contributed by atoms with Gasteiger partial charge in [0.05, 0.1) is 23.3 Å². The fraction of sp³-hybridized carbons (Fsp3) is 0.143. The molecule has 0 bridgehead atoms. The van der Waals surface area contributed by atoms with Crippen LogP contribution in [0.3, 0.4) is 0 Å². The SMILES string of the molecule is COc1ccccc1Nc1ncccc1C(=O)N(C)Cc1cc([N+](=O)[O-])ccc1Cl. The van der Waals surface area contributed by atoms with Crippen LogP contribution in [0.1, 0.15) is 15.9 Å². The molecule has 154 valence electrons. The maximum absolute atomic E-state index is 13.1. The van der Waals surface area contributed by atoms with E-state index in [9.17, 15) is 14.9 Å². The molecule has 0 saturated carbocycles. The number of amides is 1. The average molecular weight is 427 g/mol. The van der Waals surface area contributed by atoms with Crippen molar-refractivity contribution in [2.45, 2.75) is 6.54 Å². The molecular formula is C21H19ClN4O4. The first kappa shape index (κ1) is 21.1. The molecule has 2 aromatic carbocycles. The van der Waals surface area contributed by atoms with Gasteiger partial charge in [-0.15, -0.1) is 0 Å². The van der Waals surface area contributed by atoms with Gasteiger partial charge in [-0.05, 0) is 35.9 Å². The molecule has 1 aromatic heterocycles. The van der Waals surface area contributed by atoms with Crippen LogP contribution < -0.4 is 10.1 Å². The normalized spacial score (nSPS) is 10.4. The molecule has 1 heterocycles. The first-order valence-corrected chi connectivity index (χ1v) is 9.32. The number of ether oxygens (including phenoxy) is 1. The van der Waals surface area contributed by atoms with Gasteiger partial charge in [-0.3, -0.25) is 14.9 Å². The van der Waals surface area contributed by atoms with Crippen molar-refractivity contribution in [1.29, 1.82) is 0 Å². The van der Waals surface area contributed by atoms with E-state index in [2.05, 4.69) is 10.3 Å². The number of nitrogens with zero attached hydrogens (tertiary/aromatic N) is 3. The number of hydrogen-bond donors (Lipinski definition) is 1. The first-order chi connectivity index (χ1) is 14.4. The summed E-state index contributed by atoms with van der Waals surface area (Å²) >= 11 is 6.17. The monoisotopic (exact) mass is 426 g/mol. The van der Waals surface area contributed by atoms with E-state index < -0.39 is 4.92 Å². The van der Waals surface area contributed by atoms with Crippen LogP contribution in [0.2, 0.25) is 5.02 Å². The van der Waals surface area contributed by atoms with Gasteiger partial charge in [-0.1, -0.05) is 23.7 Å². The Balaban J connectivity index is 1.85. The number of pyridine rings is 1. The number of nitro benzene ring substituents is 1. The molecule has 0 atom stereocenters. The summed E-state index contributed by atoms with van der Waals surface area (Å²) in [5.74, 6) is 0.658. The molecule has 3 aromatic rings. The molecule has 0 saturated heterocycles. The lowest BCUT2D eigenvalue weighted by molar-refractivity contribution is -0.384. The van der Waals surface area contributed by atoms with Crippen molar-refractivity contribution in [3.63, 3.8) is 0 Å². The molecule has 0 radical (unpaired) electrons. The highest BCUT2D eigenvalue weighted by Crippen LogP contribution is 2.28. The Kier molecular flexibility index (Phi) is 6.48. The average Bonchev–Trinajstić information content (AvgIpc) is 2.75. The van der Waals surface area contributed by atoms with Crippen molar-refractivity contribution in [3.8, 4) is 5.75 Å². The number of benzene rings is 2. The summed E-state index contributed by atoms with van der Waals surface area (Å²) in [7, 11) is 3.15. The Bertz CT molecular complexity index is 1090. The van der Waals surface area contributed by atoms with Gasteiger partial charge in [-0.25, -0.2) is 4.98 Å². The second-order valence-corrected chi connectivity index (χ2v) is 6.83. The maximum Gasteiger partial charge on any atom is 0.269 e. The molecular weight excluding hydrogens is 408 g/mol. The Hall–Kier alpha value is -3.65. The van der Waals surface area contributed by atoms with Crippen LogP contribution in [0.15, 0.2) is 60.8 Å². The third-order valence-corrected chi connectivity index (χ3v) is 4.76. The van der Waals surface area contributed by atoms with Gasteiger partial charge in [0.2, 0.25) is 0 Å². The molecule has 1 amide bonds. The van der Waals surface area contributed by atoms with E-state index >= 15 is 0 Å². The first-order valence-electron chi connectivity index (χ1n) is 8.94. The molecule has 0 fully saturated rings. The molecule has 0 spiro atoms. The summed E-state index contributed by atoms with van der Waals surface area (Å²) in [5, 5.41) is 14.5. The summed E-state index contributed by atoms with van der Waals surface area (Å²) in [4.78, 5) is 29.3. The zero-order valence-electron chi connectivity index (χ0n) is 16.3. The van der Waals surface area contributed by atoms with Crippen molar-refractivity contribution in [2.24, 2.45) is 0 Å². The van der Waals surface area contributed by atoms with E-state index in [1.165, 1.54) is 23.1 Å². The van der Waals surface area contributed by atoms with Crippen molar-refractivity contribution < 1.29 is 14.5 Å². The number of rotatable bonds is 7. The van der Waals surface area contributed by atoms with E-state index in [0.717, 1.165) is 0 Å². The molecule has 30 heavy (non-hydrogen) atoms. The quantitative estimate of drug-likeness (QED) is 0.435. The lowest BCUT2D eigenvalue weighted by Gasteiger charge is -2.20. The number of halogens is 1. The largest absolute Gasteiger partial charge is 0.495 e. The van der Waals surface area contributed by atoms with Gasteiger partial charge in [0.1, 0.15) is 11.6 Å². The minimum atomic E-state index is -0.502. The zero-order valence-corrected chi connectivity index (χ0v) is 17.1. The number of anilines is 2. The van der Waals surface area contributed by atoms with Crippen LogP contribution in [0, 0.1) is 10.1 Å². The van der Waals surface area contributed by atoms with Crippen molar-refractivity contribution in [1.82, 2.24) is 9.88 Å². The summed E-state index contributed by atoms with van der Waals surface area (Å²) in [6.07, 6.45) is 1.58. The predicted molar refractivity (Wildman–Crippen MR) is 114 cm³/mol. The topological polar surface area (TPSA) is 97.6 Å². The van der Waals surface area contributed by atoms with Crippen LogP contribution in [0.4, 0.5) is 17.2 Å². The molecule has 8 nitrogen and oxygen atoms in total. The number of carbonyl (C=O) groups is 1. The molecule has 9 heteroatoms. The molecule has 1 N–H and O–H groups in total. The molecule has 0 aliphatic heterocycles. The van der Waals surface area contributed by atoms with Gasteiger partial charge in [0, 0.05) is 36.9 Å². The lowest BCUT2D eigenvalue weighted by Crippen LogP contribution is -2.27. The zero-order chi connectivity index (χ0) is 21.7. The van der Waals surface area contributed by atoms with Crippen LogP contribution in [-0.2, 0) is 6.54 Å². The van der Waals surface area contributed by atoms with Crippen LogP contribution >= 0.6 is 11.6 Å². The summed E-state index contributed by atoms with van der Waals surface area (Å²) in [6, 6.07) is 14.7. The minimum absolute atomic E-state index is 0.0878. The van der Waals surface area contributed by atoms with E-state index in [0.29, 0.717) is 33.4 Å². The van der Waals surface area contributed by atoms with Crippen molar-refractivity contribution in [2.75, 3.05) is 19.5 Å². The summed E-state index contributed by atoms with van der Waals surface area (Å²) < 4.78 is 5.33. The number of nitrogens with one attached hydrogen (secondary N) is 1. The second-order valence-electron chi connectivity index (χ2n) is 6.42. The number of para-hydroxylation sites is 2. The van der Waals surface area contributed by atoms with E-state index in [1.54, 1.807) is 38.6 Å². The Morgan fingerprint density at radius 3 is 2.73 bits per heavy atom.